The highest BCUT2D eigenvalue weighted by Crippen LogP contribution is 2.40. The van der Waals surface area contributed by atoms with Crippen molar-refractivity contribution in [3.63, 3.8) is 0 Å². The molecule has 1 amide bonds. The van der Waals surface area contributed by atoms with Crippen molar-refractivity contribution in [2.75, 3.05) is 7.11 Å². The summed E-state index contributed by atoms with van der Waals surface area (Å²) in [6.45, 7) is 0. The zero-order chi connectivity index (χ0) is 22.2. The van der Waals surface area contributed by atoms with Crippen LogP contribution in [0.1, 0.15) is 41.6 Å². The molecule has 162 valence electrons. The number of carbonyl (C=O) groups is 1. The molecule has 0 radical (unpaired) electrons. The van der Waals surface area contributed by atoms with Gasteiger partial charge in [-0.05, 0) is 49.4 Å². The van der Waals surface area contributed by atoms with Gasteiger partial charge in [-0.25, -0.2) is 4.39 Å². The summed E-state index contributed by atoms with van der Waals surface area (Å²) in [5.74, 6) is -1.31. The van der Waals surface area contributed by atoms with Gasteiger partial charge in [-0.2, -0.15) is 0 Å². The van der Waals surface area contributed by atoms with Gasteiger partial charge in [0.25, 0.3) is 11.5 Å². The van der Waals surface area contributed by atoms with Gasteiger partial charge in [0, 0.05) is 25.6 Å². The van der Waals surface area contributed by atoms with Gasteiger partial charge in [-0.1, -0.05) is 30.3 Å². The lowest BCUT2D eigenvalue weighted by molar-refractivity contribution is -0.0495. The van der Waals surface area contributed by atoms with E-state index in [9.17, 15) is 19.1 Å². The summed E-state index contributed by atoms with van der Waals surface area (Å²) in [6, 6.07) is 13.2. The van der Waals surface area contributed by atoms with Crippen LogP contribution in [0.4, 0.5) is 4.39 Å². The molecule has 3 aromatic rings. The van der Waals surface area contributed by atoms with Crippen molar-refractivity contribution < 1.29 is 19.0 Å². The quantitative estimate of drug-likeness (QED) is 0.671. The summed E-state index contributed by atoms with van der Waals surface area (Å²) in [5, 5.41) is 13.9. The molecule has 1 fully saturated rings. The third kappa shape index (κ3) is 3.70. The molecule has 2 N–H and O–H groups in total. The Morgan fingerprint density at radius 3 is 2.45 bits per heavy atom. The first-order valence-electron chi connectivity index (χ1n) is 10.3. The summed E-state index contributed by atoms with van der Waals surface area (Å²) in [4.78, 5) is 25.5. The Morgan fingerprint density at radius 1 is 1.16 bits per heavy atom. The summed E-state index contributed by atoms with van der Waals surface area (Å²) in [7, 11) is 3.21. The number of ether oxygens (including phenoxy) is 1. The fourth-order valence-electron chi connectivity index (χ4n) is 4.56. The molecule has 1 aliphatic carbocycles. The molecule has 2 aromatic carbocycles. The van der Waals surface area contributed by atoms with Crippen LogP contribution < -0.4 is 10.9 Å². The Hall–Kier alpha value is -3.19. The van der Waals surface area contributed by atoms with E-state index in [-0.39, 0.29) is 17.4 Å². The summed E-state index contributed by atoms with van der Waals surface area (Å²) >= 11 is 0. The molecule has 6 nitrogen and oxygen atoms in total. The maximum atomic E-state index is 13.3. The lowest BCUT2D eigenvalue weighted by Gasteiger charge is -2.39. The molecular weight excluding hydrogens is 399 g/mol. The molecule has 0 aliphatic heterocycles. The fourth-order valence-corrected chi connectivity index (χ4v) is 4.56. The topological polar surface area (TPSA) is 80.6 Å². The van der Waals surface area contributed by atoms with Crippen molar-refractivity contribution in [1.29, 1.82) is 0 Å². The average molecular weight is 424 g/mol. The number of hydrogen-bond acceptors (Lipinski definition) is 4. The van der Waals surface area contributed by atoms with E-state index in [1.165, 1.54) is 16.7 Å². The lowest BCUT2D eigenvalue weighted by atomic mass is 9.77. The van der Waals surface area contributed by atoms with Crippen LogP contribution in [-0.2, 0) is 17.4 Å². The Bertz CT molecular complexity index is 1180. The van der Waals surface area contributed by atoms with E-state index in [4.69, 9.17) is 4.74 Å². The second-order valence-electron chi connectivity index (χ2n) is 8.06. The Morgan fingerprint density at radius 2 is 1.81 bits per heavy atom. The zero-order valence-corrected chi connectivity index (χ0v) is 17.5. The van der Waals surface area contributed by atoms with E-state index in [0.29, 0.717) is 36.6 Å². The lowest BCUT2D eigenvalue weighted by Crippen LogP contribution is -2.43. The monoisotopic (exact) mass is 424 g/mol. The smallest absolute Gasteiger partial charge is 0.293 e. The molecule has 1 heterocycles. The number of hydrogen-bond donors (Lipinski definition) is 2. The fraction of sp³-hybridized carbons (Fsp3) is 0.333. The molecule has 7 heteroatoms. The number of amides is 1. The van der Waals surface area contributed by atoms with Crippen LogP contribution in [0.5, 0.6) is 5.75 Å². The van der Waals surface area contributed by atoms with E-state index in [0.717, 1.165) is 5.56 Å². The molecule has 0 bridgehead atoms. The minimum atomic E-state index is -0.609. The molecule has 1 aliphatic rings. The normalized spacial score (nSPS) is 21.2. The van der Waals surface area contributed by atoms with Gasteiger partial charge in [-0.15, -0.1) is 0 Å². The number of pyridine rings is 1. The number of aryl methyl sites for hydroxylation is 1. The number of methoxy groups -OCH3 is 1. The number of aromatic nitrogens is 1. The first-order chi connectivity index (χ1) is 14.9. The first kappa shape index (κ1) is 21.1. The highest BCUT2D eigenvalue weighted by atomic mass is 19.1. The predicted molar refractivity (Wildman–Crippen MR) is 116 cm³/mol. The summed E-state index contributed by atoms with van der Waals surface area (Å²) in [5.41, 5.74) is 0.361. The predicted octanol–water partition coefficient (Wildman–Crippen LogP) is 3.60. The summed E-state index contributed by atoms with van der Waals surface area (Å²) < 4.78 is 20.5. The van der Waals surface area contributed by atoms with E-state index in [2.05, 4.69) is 5.32 Å². The molecule has 4 rings (SSSR count). The van der Waals surface area contributed by atoms with Crippen LogP contribution >= 0.6 is 0 Å². The third-order valence-corrected chi connectivity index (χ3v) is 6.40. The standard InChI is InChI=1S/C24H25FN2O4/c1-27-19-6-4-3-5-18(19)20(21(28)23(27)30)22(29)26-17-11-13-24(31-2,14-12-17)15-7-9-16(25)10-8-15/h3-10,17,28H,11-14H2,1-2H3,(H,26,29). The van der Waals surface area contributed by atoms with E-state index in [1.807, 2.05) is 0 Å². The number of carbonyl (C=O) groups excluding carboxylic acids is 1. The number of halogens is 1. The van der Waals surface area contributed by atoms with Crippen LogP contribution in [0.15, 0.2) is 53.3 Å². The van der Waals surface area contributed by atoms with Gasteiger partial charge in [0.1, 0.15) is 5.82 Å². The van der Waals surface area contributed by atoms with E-state index in [1.54, 1.807) is 50.6 Å². The van der Waals surface area contributed by atoms with Gasteiger partial charge < -0.3 is 19.7 Å². The molecule has 0 atom stereocenters. The maximum Gasteiger partial charge on any atom is 0.293 e. The van der Waals surface area contributed by atoms with Gasteiger partial charge in [0.15, 0.2) is 5.75 Å². The number of fused-ring (bicyclic) bond motifs is 1. The zero-order valence-electron chi connectivity index (χ0n) is 17.5. The van der Waals surface area contributed by atoms with Crippen molar-refractivity contribution >= 4 is 16.8 Å². The second-order valence-corrected chi connectivity index (χ2v) is 8.06. The number of benzene rings is 2. The van der Waals surface area contributed by atoms with Crippen molar-refractivity contribution in [2.24, 2.45) is 7.05 Å². The van der Waals surface area contributed by atoms with Crippen molar-refractivity contribution in [3.8, 4) is 5.75 Å². The number of nitrogens with zero attached hydrogens (tertiary/aromatic N) is 1. The van der Waals surface area contributed by atoms with Crippen LogP contribution in [-0.4, -0.2) is 28.7 Å². The highest BCUT2D eigenvalue weighted by molar-refractivity contribution is 6.08. The number of rotatable bonds is 4. The SMILES string of the molecule is COC1(c2ccc(F)cc2)CCC(NC(=O)c2c(O)c(=O)n(C)c3ccccc23)CC1. The molecule has 1 saturated carbocycles. The van der Waals surface area contributed by atoms with Crippen LogP contribution in [0.25, 0.3) is 10.9 Å². The van der Waals surface area contributed by atoms with Gasteiger partial charge in [0.2, 0.25) is 0 Å². The summed E-state index contributed by atoms with van der Waals surface area (Å²) in [6.07, 6.45) is 2.62. The van der Waals surface area contributed by atoms with Gasteiger partial charge >= 0.3 is 0 Å². The van der Waals surface area contributed by atoms with Crippen LogP contribution in [0.3, 0.4) is 0 Å². The number of nitrogens with one attached hydrogen (secondary N) is 1. The molecule has 31 heavy (non-hydrogen) atoms. The molecule has 0 saturated heterocycles. The average Bonchev–Trinajstić information content (AvgIpc) is 2.79. The Balaban J connectivity index is 1.55. The first-order valence-corrected chi connectivity index (χ1v) is 10.3. The third-order valence-electron chi connectivity index (χ3n) is 6.40. The minimum Gasteiger partial charge on any atom is -0.502 e. The largest absolute Gasteiger partial charge is 0.502 e. The Labute approximate surface area is 179 Å². The molecule has 1 aromatic heterocycles. The van der Waals surface area contributed by atoms with Gasteiger partial charge in [0.05, 0.1) is 16.7 Å². The van der Waals surface area contributed by atoms with E-state index >= 15 is 0 Å². The van der Waals surface area contributed by atoms with E-state index < -0.39 is 22.8 Å². The Kier molecular flexibility index (Phi) is 5.54. The van der Waals surface area contributed by atoms with Crippen molar-refractivity contribution in [3.05, 3.63) is 75.8 Å². The van der Waals surface area contributed by atoms with Gasteiger partial charge in [-0.3, -0.25) is 9.59 Å². The highest BCUT2D eigenvalue weighted by Gasteiger charge is 2.37. The van der Waals surface area contributed by atoms with Crippen molar-refractivity contribution in [1.82, 2.24) is 9.88 Å². The molecule has 0 unspecified atom stereocenters. The molecule has 0 spiro atoms. The second kappa shape index (κ2) is 8.15. The maximum absolute atomic E-state index is 13.3. The van der Waals surface area contributed by atoms with Crippen LogP contribution in [0.2, 0.25) is 0 Å². The number of aromatic hydroxyl groups is 1. The molecular formula is C24H25FN2O4. The van der Waals surface area contributed by atoms with Crippen LogP contribution in [0, 0.1) is 5.82 Å². The minimum absolute atomic E-state index is 0.000753. The number of para-hydroxylation sites is 1. The van der Waals surface area contributed by atoms with Crippen molar-refractivity contribution in [2.45, 2.75) is 37.3 Å².